The normalized spacial score (nSPS) is 14.9. The van der Waals surface area contributed by atoms with Crippen LogP contribution in [0.1, 0.15) is 5.56 Å². The number of halogens is 3. The monoisotopic (exact) mass is 427 g/mol. The third-order valence-electron chi connectivity index (χ3n) is 4.51. The van der Waals surface area contributed by atoms with E-state index in [1.54, 1.807) is 30.2 Å². The number of hydrogen-bond donors (Lipinski definition) is 1. The van der Waals surface area contributed by atoms with Gasteiger partial charge in [-0.2, -0.15) is 0 Å². The molecule has 2 amide bonds. The number of urea groups is 1. The summed E-state index contributed by atoms with van der Waals surface area (Å²) in [6.07, 6.45) is 0. The molecule has 144 valence electrons. The zero-order chi connectivity index (χ0) is 19.4. The molecule has 1 fully saturated rings. The predicted octanol–water partition coefficient (Wildman–Crippen LogP) is 5.01. The summed E-state index contributed by atoms with van der Waals surface area (Å²) in [5.41, 5.74) is 1.47. The fourth-order valence-corrected chi connectivity index (χ4v) is 3.68. The molecule has 8 heteroatoms. The standard InChI is InChI=1S/C19H20Cl3N3O2/c1-27-18-6-5-13(20)11-17(18)23-19(26)25-9-7-24(8-10-25)12-14-15(21)3-2-4-16(14)22/h2-6,11H,7-10,12H2,1H3,(H,23,26). The molecule has 2 aromatic carbocycles. The first-order chi connectivity index (χ1) is 13.0. The summed E-state index contributed by atoms with van der Waals surface area (Å²) in [4.78, 5) is 16.6. The van der Waals surface area contributed by atoms with Crippen LogP contribution in [0.2, 0.25) is 15.1 Å². The maximum atomic E-state index is 12.6. The molecule has 0 radical (unpaired) electrons. The number of benzene rings is 2. The molecule has 3 rings (SSSR count). The molecule has 2 aromatic rings. The van der Waals surface area contributed by atoms with Gasteiger partial charge in [0.25, 0.3) is 0 Å². The Morgan fingerprint density at radius 3 is 2.37 bits per heavy atom. The second kappa shape index (κ2) is 9.02. The average molecular weight is 429 g/mol. The Hall–Kier alpha value is -1.66. The van der Waals surface area contributed by atoms with Gasteiger partial charge in [-0.25, -0.2) is 4.79 Å². The third kappa shape index (κ3) is 4.99. The Morgan fingerprint density at radius 1 is 1.07 bits per heavy atom. The molecule has 1 heterocycles. The maximum absolute atomic E-state index is 12.6. The number of anilines is 1. The zero-order valence-electron chi connectivity index (χ0n) is 14.8. The van der Waals surface area contributed by atoms with Crippen LogP contribution < -0.4 is 10.1 Å². The van der Waals surface area contributed by atoms with Crippen LogP contribution in [0.25, 0.3) is 0 Å². The van der Waals surface area contributed by atoms with E-state index in [9.17, 15) is 4.79 Å². The van der Waals surface area contributed by atoms with Gasteiger partial charge >= 0.3 is 6.03 Å². The van der Waals surface area contributed by atoms with Crippen LogP contribution in [0.5, 0.6) is 5.75 Å². The lowest BCUT2D eigenvalue weighted by atomic mass is 10.2. The lowest BCUT2D eigenvalue weighted by Crippen LogP contribution is -2.49. The Balaban J connectivity index is 1.57. The minimum Gasteiger partial charge on any atom is -0.495 e. The summed E-state index contributed by atoms with van der Waals surface area (Å²) in [6, 6.07) is 10.5. The van der Waals surface area contributed by atoms with Crippen molar-refractivity contribution in [3.05, 3.63) is 57.0 Å². The molecule has 0 atom stereocenters. The summed E-state index contributed by atoms with van der Waals surface area (Å²) in [5.74, 6) is 0.569. The van der Waals surface area contributed by atoms with Crippen molar-refractivity contribution < 1.29 is 9.53 Å². The van der Waals surface area contributed by atoms with Crippen LogP contribution >= 0.6 is 34.8 Å². The largest absolute Gasteiger partial charge is 0.495 e. The van der Waals surface area contributed by atoms with Crippen LogP contribution in [-0.4, -0.2) is 49.1 Å². The highest BCUT2D eigenvalue weighted by Gasteiger charge is 2.23. The minimum absolute atomic E-state index is 0.175. The minimum atomic E-state index is -0.175. The van der Waals surface area contributed by atoms with Gasteiger partial charge in [0, 0.05) is 53.4 Å². The van der Waals surface area contributed by atoms with E-state index < -0.39 is 0 Å². The lowest BCUT2D eigenvalue weighted by molar-refractivity contribution is 0.143. The highest BCUT2D eigenvalue weighted by atomic mass is 35.5. The van der Waals surface area contributed by atoms with E-state index in [-0.39, 0.29) is 6.03 Å². The molecular weight excluding hydrogens is 409 g/mol. The first kappa shape index (κ1) is 20.1. The van der Waals surface area contributed by atoms with E-state index in [0.29, 0.717) is 46.1 Å². The number of hydrogen-bond acceptors (Lipinski definition) is 3. The number of piperazine rings is 1. The Morgan fingerprint density at radius 2 is 1.74 bits per heavy atom. The molecule has 0 aliphatic carbocycles. The van der Waals surface area contributed by atoms with Gasteiger partial charge in [-0.3, -0.25) is 4.90 Å². The molecule has 1 saturated heterocycles. The molecule has 0 saturated carbocycles. The summed E-state index contributed by atoms with van der Waals surface area (Å²) in [6.45, 7) is 3.35. The van der Waals surface area contributed by atoms with Crippen LogP contribution in [0.3, 0.4) is 0 Å². The zero-order valence-corrected chi connectivity index (χ0v) is 17.1. The van der Waals surface area contributed by atoms with Crippen molar-refractivity contribution in [2.75, 3.05) is 38.6 Å². The SMILES string of the molecule is COc1ccc(Cl)cc1NC(=O)N1CCN(Cc2c(Cl)cccc2Cl)CC1. The molecule has 0 unspecified atom stereocenters. The summed E-state index contributed by atoms with van der Waals surface area (Å²) in [7, 11) is 1.55. The van der Waals surface area contributed by atoms with Crippen LogP contribution in [0.4, 0.5) is 10.5 Å². The fourth-order valence-electron chi connectivity index (χ4n) is 2.99. The highest BCUT2D eigenvalue weighted by molar-refractivity contribution is 6.36. The van der Waals surface area contributed by atoms with Crippen molar-refractivity contribution in [2.45, 2.75) is 6.54 Å². The number of ether oxygens (including phenoxy) is 1. The van der Waals surface area contributed by atoms with Gasteiger partial charge in [0.15, 0.2) is 0 Å². The number of amides is 2. The van der Waals surface area contributed by atoms with E-state index in [4.69, 9.17) is 39.5 Å². The number of rotatable bonds is 4. The van der Waals surface area contributed by atoms with Crippen LogP contribution in [0, 0.1) is 0 Å². The number of methoxy groups -OCH3 is 1. The molecule has 1 N–H and O–H groups in total. The van der Waals surface area contributed by atoms with Crippen molar-refractivity contribution >= 4 is 46.5 Å². The van der Waals surface area contributed by atoms with Crippen LogP contribution in [-0.2, 0) is 6.54 Å². The molecule has 1 aliphatic heterocycles. The Kier molecular flexibility index (Phi) is 6.71. The van der Waals surface area contributed by atoms with Gasteiger partial charge in [0.05, 0.1) is 12.8 Å². The van der Waals surface area contributed by atoms with Gasteiger partial charge in [-0.05, 0) is 30.3 Å². The number of nitrogens with zero attached hydrogens (tertiary/aromatic N) is 2. The van der Waals surface area contributed by atoms with Crippen molar-refractivity contribution in [2.24, 2.45) is 0 Å². The molecule has 5 nitrogen and oxygen atoms in total. The molecule has 0 bridgehead atoms. The number of carbonyl (C=O) groups is 1. The summed E-state index contributed by atoms with van der Waals surface area (Å²) in [5, 5.41) is 4.73. The topological polar surface area (TPSA) is 44.8 Å². The fraction of sp³-hybridized carbons (Fsp3) is 0.316. The van der Waals surface area contributed by atoms with E-state index in [0.717, 1.165) is 18.7 Å². The smallest absolute Gasteiger partial charge is 0.322 e. The second-order valence-corrected chi connectivity index (χ2v) is 7.49. The van der Waals surface area contributed by atoms with Gasteiger partial charge in [0.2, 0.25) is 0 Å². The average Bonchev–Trinajstić information content (AvgIpc) is 2.65. The Labute approximate surface area is 173 Å². The first-order valence-electron chi connectivity index (χ1n) is 8.52. The van der Waals surface area contributed by atoms with Crippen molar-refractivity contribution in [3.8, 4) is 5.75 Å². The van der Waals surface area contributed by atoms with Crippen molar-refractivity contribution in [1.82, 2.24) is 9.80 Å². The molecule has 0 aromatic heterocycles. The molecule has 0 spiro atoms. The quantitative estimate of drug-likeness (QED) is 0.745. The molecule has 1 aliphatic rings. The van der Waals surface area contributed by atoms with Crippen molar-refractivity contribution in [3.63, 3.8) is 0 Å². The summed E-state index contributed by atoms with van der Waals surface area (Å²) < 4.78 is 5.27. The van der Waals surface area contributed by atoms with E-state index in [2.05, 4.69) is 10.2 Å². The van der Waals surface area contributed by atoms with Crippen molar-refractivity contribution in [1.29, 1.82) is 0 Å². The predicted molar refractivity (Wildman–Crippen MR) is 110 cm³/mol. The molecule has 27 heavy (non-hydrogen) atoms. The number of nitrogens with one attached hydrogen (secondary N) is 1. The first-order valence-corrected chi connectivity index (χ1v) is 9.66. The Bertz CT molecular complexity index is 804. The number of carbonyl (C=O) groups excluding carboxylic acids is 1. The van der Waals surface area contributed by atoms with E-state index in [1.165, 1.54) is 0 Å². The van der Waals surface area contributed by atoms with Gasteiger partial charge < -0.3 is 15.0 Å². The van der Waals surface area contributed by atoms with Gasteiger partial charge in [-0.15, -0.1) is 0 Å². The molecular formula is C19H20Cl3N3O2. The van der Waals surface area contributed by atoms with Gasteiger partial charge in [-0.1, -0.05) is 40.9 Å². The van der Waals surface area contributed by atoms with Crippen LogP contribution in [0.15, 0.2) is 36.4 Å². The van der Waals surface area contributed by atoms with Gasteiger partial charge in [0.1, 0.15) is 5.75 Å². The second-order valence-electron chi connectivity index (χ2n) is 6.24. The lowest BCUT2D eigenvalue weighted by Gasteiger charge is -2.35. The summed E-state index contributed by atoms with van der Waals surface area (Å²) >= 11 is 18.5. The maximum Gasteiger partial charge on any atom is 0.322 e. The van der Waals surface area contributed by atoms with E-state index in [1.807, 2.05) is 18.2 Å². The third-order valence-corrected chi connectivity index (χ3v) is 5.45. The van der Waals surface area contributed by atoms with E-state index >= 15 is 0 Å². The highest BCUT2D eigenvalue weighted by Crippen LogP contribution is 2.28.